The molecule has 0 fully saturated rings. The lowest BCUT2D eigenvalue weighted by atomic mass is 10.1. The van der Waals surface area contributed by atoms with Crippen LogP contribution in [0.1, 0.15) is 18.5 Å². The van der Waals surface area contributed by atoms with Crippen LogP contribution < -0.4 is 16.4 Å². The van der Waals surface area contributed by atoms with Gasteiger partial charge in [0.2, 0.25) is 0 Å². The van der Waals surface area contributed by atoms with E-state index in [9.17, 15) is 13.6 Å². The van der Waals surface area contributed by atoms with E-state index in [4.69, 9.17) is 5.73 Å². The number of hydrogen-bond acceptors (Lipinski definition) is 2. The Kier molecular flexibility index (Phi) is 4.37. The maximum absolute atomic E-state index is 13.2. The van der Waals surface area contributed by atoms with Crippen LogP contribution in [-0.4, -0.2) is 6.03 Å². The standard InChI is InChI=1S/C15H15F2N3O/c1-9(10-6-11(16)8-12(17)7-10)19-13-2-4-14(5-3-13)20-15(18)21/h2-9,19H,1H3,(H3,18,20,21). The lowest BCUT2D eigenvalue weighted by Crippen LogP contribution is -2.19. The van der Waals surface area contributed by atoms with Crippen molar-refractivity contribution in [1.29, 1.82) is 0 Å². The second-order valence-corrected chi connectivity index (χ2v) is 4.64. The largest absolute Gasteiger partial charge is 0.379 e. The highest BCUT2D eigenvalue weighted by atomic mass is 19.1. The highest BCUT2D eigenvalue weighted by molar-refractivity contribution is 5.87. The first-order valence-electron chi connectivity index (χ1n) is 6.33. The molecule has 0 heterocycles. The fourth-order valence-corrected chi connectivity index (χ4v) is 1.95. The molecule has 4 nitrogen and oxygen atoms in total. The van der Waals surface area contributed by atoms with E-state index >= 15 is 0 Å². The average Bonchev–Trinajstić information content (AvgIpc) is 2.39. The van der Waals surface area contributed by atoms with Gasteiger partial charge in [-0.05, 0) is 48.9 Å². The molecule has 1 unspecified atom stereocenters. The van der Waals surface area contributed by atoms with Crippen molar-refractivity contribution >= 4 is 17.4 Å². The van der Waals surface area contributed by atoms with E-state index in [1.165, 1.54) is 12.1 Å². The number of rotatable bonds is 4. The minimum atomic E-state index is -0.640. The third-order valence-corrected chi connectivity index (χ3v) is 2.92. The predicted octanol–water partition coefficient (Wildman–Crippen LogP) is 3.63. The van der Waals surface area contributed by atoms with Crippen molar-refractivity contribution in [3.63, 3.8) is 0 Å². The maximum atomic E-state index is 13.2. The van der Waals surface area contributed by atoms with Gasteiger partial charge >= 0.3 is 6.03 Å². The fraction of sp³-hybridized carbons (Fsp3) is 0.133. The number of anilines is 2. The molecule has 2 amide bonds. The molecule has 0 radical (unpaired) electrons. The van der Waals surface area contributed by atoms with Crippen molar-refractivity contribution in [3.05, 3.63) is 59.7 Å². The smallest absolute Gasteiger partial charge is 0.316 e. The van der Waals surface area contributed by atoms with Gasteiger partial charge < -0.3 is 16.4 Å². The summed E-state index contributed by atoms with van der Waals surface area (Å²) >= 11 is 0. The van der Waals surface area contributed by atoms with Crippen LogP contribution in [0.2, 0.25) is 0 Å². The number of primary amides is 1. The van der Waals surface area contributed by atoms with Crippen LogP contribution >= 0.6 is 0 Å². The summed E-state index contributed by atoms with van der Waals surface area (Å²) in [5.41, 5.74) is 6.84. The minimum absolute atomic E-state index is 0.273. The zero-order chi connectivity index (χ0) is 15.4. The SMILES string of the molecule is CC(Nc1ccc(NC(N)=O)cc1)c1cc(F)cc(F)c1. The summed E-state index contributed by atoms with van der Waals surface area (Å²) in [4.78, 5) is 10.7. The predicted molar refractivity (Wildman–Crippen MR) is 78.0 cm³/mol. The lowest BCUT2D eigenvalue weighted by Gasteiger charge is -2.16. The summed E-state index contributed by atoms with van der Waals surface area (Å²) in [6, 6.07) is 9.30. The molecule has 0 bridgehead atoms. The van der Waals surface area contributed by atoms with Crippen molar-refractivity contribution in [2.45, 2.75) is 13.0 Å². The first kappa shape index (κ1) is 14.8. The summed E-state index contributed by atoms with van der Waals surface area (Å²) in [5, 5.41) is 5.56. The summed E-state index contributed by atoms with van der Waals surface area (Å²) < 4.78 is 26.4. The summed E-state index contributed by atoms with van der Waals surface area (Å²) in [6.07, 6.45) is 0. The van der Waals surface area contributed by atoms with Gasteiger partial charge in [-0.1, -0.05) is 0 Å². The molecule has 0 saturated heterocycles. The number of carbonyl (C=O) groups excluding carboxylic acids is 1. The Morgan fingerprint density at radius 2 is 1.57 bits per heavy atom. The molecule has 21 heavy (non-hydrogen) atoms. The van der Waals surface area contributed by atoms with E-state index in [0.717, 1.165) is 11.8 Å². The van der Waals surface area contributed by atoms with Crippen LogP contribution in [0.4, 0.5) is 25.0 Å². The monoisotopic (exact) mass is 291 g/mol. The van der Waals surface area contributed by atoms with E-state index < -0.39 is 17.7 Å². The van der Waals surface area contributed by atoms with Gasteiger partial charge in [0, 0.05) is 23.5 Å². The Labute approximate surface area is 121 Å². The van der Waals surface area contributed by atoms with Crippen LogP contribution in [0.5, 0.6) is 0 Å². The number of benzene rings is 2. The number of urea groups is 1. The minimum Gasteiger partial charge on any atom is -0.379 e. The van der Waals surface area contributed by atoms with Crippen LogP contribution in [-0.2, 0) is 0 Å². The highest BCUT2D eigenvalue weighted by Gasteiger charge is 2.09. The summed E-state index contributed by atoms with van der Waals surface area (Å²) in [6.45, 7) is 1.80. The second kappa shape index (κ2) is 6.21. The number of nitrogens with two attached hydrogens (primary N) is 1. The van der Waals surface area contributed by atoms with E-state index in [0.29, 0.717) is 11.3 Å². The third-order valence-electron chi connectivity index (χ3n) is 2.92. The molecule has 6 heteroatoms. The first-order chi connectivity index (χ1) is 9.94. The van der Waals surface area contributed by atoms with Crippen LogP contribution in [0.3, 0.4) is 0 Å². The number of halogens is 2. The zero-order valence-corrected chi connectivity index (χ0v) is 11.4. The van der Waals surface area contributed by atoms with Gasteiger partial charge in [0.15, 0.2) is 0 Å². The highest BCUT2D eigenvalue weighted by Crippen LogP contribution is 2.22. The summed E-state index contributed by atoms with van der Waals surface area (Å²) in [5.74, 6) is -1.22. The van der Waals surface area contributed by atoms with Gasteiger partial charge in [-0.15, -0.1) is 0 Å². The molecule has 4 N–H and O–H groups in total. The molecule has 2 aromatic rings. The topological polar surface area (TPSA) is 67.2 Å². The van der Waals surface area contributed by atoms with Crippen LogP contribution in [0.15, 0.2) is 42.5 Å². The number of hydrogen-bond donors (Lipinski definition) is 3. The molecule has 0 aliphatic heterocycles. The normalized spacial score (nSPS) is 11.8. The lowest BCUT2D eigenvalue weighted by molar-refractivity contribution is 0.259. The Balaban J connectivity index is 2.08. The van der Waals surface area contributed by atoms with Crippen molar-refractivity contribution in [2.75, 3.05) is 10.6 Å². The summed E-state index contributed by atoms with van der Waals surface area (Å²) in [7, 11) is 0. The Hall–Kier alpha value is -2.63. The Morgan fingerprint density at radius 1 is 1.05 bits per heavy atom. The molecule has 0 aromatic heterocycles. The molecule has 0 saturated carbocycles. The Bertz CT molecular complexity index is 624. The van der Waals surface area contributed by atoms with Crippen LogP contribution in [0.25, 0.3) is 0 Å². The van der Waals surface area contributed by atoms with Crippen molar-refractivity contribution in [2.24, 2.45) is 5.73 Å². The third kappa shape index (κ3) is 4.17. The van der Waals surface area contributed by atoms with Gasteiger partial charge in [-0.25, -0.2) is 13.6 Å². The zero-order valence-electron chi connectivity index (χ0n) is 11.4. The van der Waals surface area contributed by atoms with E-state index in [1.54, 1.807) is 31.2 Å². The number of carbonyl (C=O) groups is 1. The van der Waals surface area contributed by atoms with Gasteiger partial charge in [0.25, 0.3) is 0 Å². The van der Waals surface area contributed by atoms with Gasteiger partial charge in [-0.2, -0.15) is 0 Å². The Morgan fingerprint density at radius 3 is 2.10 bits per heavy atom. The van der Waals surface area contributed by atoms with E-state index in [1.807, 2.05) is 0 Å². The van der Waals surface area contributed by atoms with Crippen molar-refractivity contribution in [3.8, 4) is 0 Å². The molecule has 0 aliphatic carbocycles. The molecule has 2 aromatic carbocycles. The number of nitrogens with one attached hydrogen (secondary N) is 2. The van der Waals surface area contributed by atoms with Gasteiger partial charge in [0.05, 0.1) is 0 Å². The van der Waals surface area contributed by atoms with Gasteiger partial charge in [0.1, 0.15) is 11.6 Å². The quantitative estimate of drug-likeness (QED) is 0.805. The van der Waals surface area contributed by atoms with Crippen LogP contribution in [0, 0.1) is 11.6 Å². The average molecular weight is 291 g/mol. The molecular formula is C15H15F2N3O. The molecule has 0 aliphatic rings. The van der Waals surface area contributed by atoms with E-state index in [-0.39, 0.29) is 6.04 Å². The number of amides is 2. The van der Waals surface area contributed by atoms with E-state index in [2.05, 4.69) is 10.6 Å². The molecular weight excluding hydrogens is 276 g/mol. The molecule has 2 rings (SSSR count). The molecule has 1 atom stereocenters. The van der Waals surface area contributed by atoms with Crippen molar-refractivity contribution in [1.82, 2.24) is 0 Å². The molecule has 110 valence electrons. The first-order valence-corrected chi connectivity index (χ1v) is 6.33. The van der Waals surface area contributed by atoms with Gasteiger partial charge in [-0.3, -0.25) is 0 Å². The van der Waals surface area contributed by atoms with Crippen molar-refractivity contribution < 1.29 is 13.6 Å². The fourth-order valence-electron chi connectivity index (χ4n) is 1.95. The second-order valence-electron chi connectivity index (χ2n) is 4.64. The maximum Gasteiger partial charge on any atom is 0.316 e. The molecule has 0 spiro atoms.